The highest BCUT2D eigenvalue weighted by molar-refractivity contribution is 6.30. The first kappa shape index (κ1) is 16.0. The zero-order valence-electron chi connectivity index (χ0n) is 13.1. The largest absolute Gasteiger partial charge is 0.476 e. The van der Waals surface area contributed by atoms with E-state index >= 15 is 0 Å². The second kappa shape index (κ2) is 6.72. The van der Waals surface area contributed by atoms with E-state index in [-0.39, 0.29) is 11.7 Å². The van der Waals surface area contributed by atoms with Crippen LogP contribution in [0.15, 0.2) is 24.3 Å². The second-order valence-electron chi connectivity index (χ2n) is 5.85. The molecular formula is C17H20ClN3O2. The summed E-state index contributed by atoms with van der Waals surface area (Å²) in [5.41, 5.74) is 3.29. The van der Waals surface area contributed by atoms with Crippen molar-refractivity contribution in [2.24, 2.45) is 0 Å². The number of benzene rings is 1. The summed E-state index contributed by atoms with van der Waals surface area (Å²) in [6.45, 7) is 3.42. The number of hydrogen-bond acceptors (Lipinski definition) is 3. The van der Waals surface area contributed by atoms with Gasteiger partial charge in [-0.25, -0.2) is 4.79 Å². The lowest BCUT2D eigenvalue weighted by atomic mass is 9.91. The molecule has 2 N–H and O–H groups in total. The molecule has 3 rings (SSSR count). The minimum absolute atomic E-state index is 0.205. The normalized spacial score (nSPS) is 17.0. The first-order valence-electron chi connectivity index (χ1n) is 7.88. The molecule has 5 nitrogen and oxygen atoms in total. The Morgan fingerprint density at radius 1 is 1.52 bits per heavy atom. The van der Waals surface area contributed by atoms with Gasteiger partial charge in [0.15, 0.2) is 5.69 Å². The standard InChI is InChI=1S/C17H20ClN3O2/c1-2-21-15-7-6-13(9-14(15)16(20-21)17(22)23)19-10-11-4-3-5-12(18)8-11/h3-5,8,13,19H,2,6-7,9-10H2,1H3,(H,22,23)/t13-/m1/s1. The molecule has 0 saturated carbocycles. The van der Waals surface area contributed by atoms with Crippen LogP contribution in [0.5, 0.6) is 0 Å². The third-order valence-electron chi connectivity index (χ3n) is 4.33. The van der Waals surface area contributed by atoms with Gasteiger partial charge in [0.05, 0.1) is 0 Å². The molecule has 0 amide bonds. The van der Waals surface area contributed by atoms with Gasteiger partial charge in [-0.05, 0) is 43.9 Å². The summed E-state index contributed by atoms with van der Waals surface area (Å²) < 4.78 is 1.83. The average Bonchev–Trinajstić information content (AvgIpc) is 2.91. The number of nitrogens with zero attached hydrogens (tertiary/aromatic N) is 2. The summed E-state index contributed by atoms with van der Waals surface area (Å²) in [6.07, 6.45) is 2.55. The van der Waals surface area contributed by atoms with Crippen LogP contribution in [0.1, 0.15) is 40.7 Å². The molecule has 1 heterocycles. The van der Waals surface area contributed by atoms with Gasteiger partial charge in [-0.1, -0.05) is 23.7 Å². The van der Waals surface area contributed by atoms with Crippen molar-refractivity contribution in [1.82, 2.24) is 15.1 Å². The second-order valence-corrected chi connectivity index (χ2v) is 6.28. The molecule has 1 atom stereocenters. The van der Waals surface area contributed by atoms with Gasteiger partial charge in [-0.15, -0.1) is 0 Å². The highest BCUT2D eigenvalue weighted by atomic mass is 35.5. The van der Waals surface area contributed by atoms with E-state index in [2.05, 4.69) is 10.4 Å². The van der Waals surface area contributed by atoms with Crippen molar-refractivity contribution in [3.8, 4) is 0 Å². The molecule has 2 aromatic rings. The Morgan fingerprint density at radius 2 is 2.35 bits per heavy atom. The summed E-state index contributed by atoms with van der Waals surface area (Å²) in [4.78, 5) is 11.4. The van der Waals surface area contributed by atoms with Crippen molar-refractivity contribution in [3.63, 3.8) is 0 Å². The number of aromatic carboxylic acids is 1. The van der Waals surface area contributed by atoms with Crippen molar-refractivity contribution < 1.29 is 9.90 Å². The first-order chi connectivity index (χ1) is 11.1. The van der Waals surface area contributed by atoms with E-state index in [1.807, 2.05) is 35.9 Å². The van der Waals surface area contributed by atoms with E-state index in [0.717, 1.165) is 41.2 Å². The van der Waals surface area contributed by atoms with E-state index in [0.29, 0.717) is 13.0 Å². The summed E-state index contributed by atoms with van der Waals surface area (Å²) in [5.74, 6) is -0.941. The Morgan fingerprint density at radius 3 is 3.04 bits per heavy atom. The number of aromatic nitrogens is 2. The van der Waals surface area contributed by atoms with Gasteiger partial charge in [-0.2, -0.15) is 5.10 Å². The fourth-order valence-corrected chi connectivity index (χ4v) is 3.42. The van der Waals surface area contributed by atoms with Crippen LogP contribution in [0, 0.1) is 0 Å². The predicted molar refractivity (Wildman–Crippen MR) is 89.0 cm³/mol. The quantitative estimate of drug-likeness (QED) is 0.883. The Bertz CT molecular complexity index is 727. The number of fused-ring (bicyclic) bond motifs is 1. The monoisotopic (exact) mass is 333 g/mol. The smallest absolute Gasteiger partial charge is 0.356 e. The summed E-state index contributed by atoms with van der Waals surface area (Å²) >= 11 is 6.00. The van der Waals surface area contributed by atoms with Gasteiger partial charge in [-0.3, -0.25) is 4.68 Å². The first-order valence-corrected chi connectivity index (χ1v) is 8.26. The molecule has 6 heteroatoms. The molecule has 1 aromatic heterocycles. The summed E-state index contributed by atoms with van der Waals surface area (Å²) in [5, 5.41) is 17.8. The average molecular weight is 334 g/mol. The Labute approximate surface area is 140 Å². The Balaban J connectivity index is 1.72. The van der Waals surface area contributed by atoms with Crippen LogP contribution in [0.3, 0.4) is 0 Å². The number of nitrogens with one attached hydrogen (secondary N) is 1. The van der Waals surface area contributed by atoms with Gasteiger partial charge in [0.1, 0.15) is 0 Å². The molecule has 0 fully saturated rings. The van der Waals surface area contributed by atoms with Crippen LogP contribution >= 0.6 is 11.6 Å². The lowest BCUT2D eigenvalue weighted by Gasteiger charge is -2.24. The van der Waals surface area contributed by atoms with Crippen molar-refractivity contribution in [1.29, 1.82) is 0 Å². The van der Waals surface area contributed by atoms with Gasteiger partial charge in [0, 0.05) is 35.4 Å². The van der Waals surface area contributed by atoms with Crippen LogP contribution < -0.4 is 5.32 Å². The minimum Gasteiger partial charge on any atom is -0.476 e. The van der Waals surface area contributed by atoms with Crippen molar-refractivity contribution in [2.75, 3.05) is 0 Å². The molecule has 0 bridgehead atoms. The zero-order valence-corrected chi connectivity index (χ0v) is 13.8. The molecule has 1 aliphatic carbocycles. The molecule has 23 heavy (non-hydrogen) atoms. The number of carboxylic acids is 1. The molecule has 0 radical (unpaired) electrons. The number of aryl methyl sites for hydroxylation is 1. The van der Waals surface area contributed by atoms with E-state index in [4.69, 9.17) is 11.6 Å². The summed E-state index contributed by atoms with van der Waals surface area (Å²) in [6, 6.07) is 8.03. The molecule has 0 spiro atoms. The number of carboxylic acid groups (broad SMARTS) is 1. The lowest BCUT2D eigenvalue weighted by molar-refractivity contribution is 0.0688. The predicted octanol–water partition coefficient (Wildman–Crippen LogP) is 2.90. The van der Waals surface area contributed by atoms with Gasteiger partial charge >= 0.3 is 5.97 Å². The fraction of sp³-hybridized carbons (Fsp3) is 0.412. The molecule has 1 aromatic carbocycles. The van der Waals surface area contributed by atoms with Crippen molar-refractivity contribution >= 4 is 17.6 Å². The third-order valence-corrected chi connectivity index (χ3v) is 4.57. The number of rotatable bonds is 5. The Kier molecular flexibility index (Phi) is 4.68. The highest BCUT2D eigenvalue weighted by Crippen LogP contribution is 2.25. The van der Waals surface area contributed by atoms with Crippen LogP contribution in [-0.4, -0.2) is 26.9 Å². The highest BCUT2D eigenvalue weighted by Gasteiger charge is 2.28. The van der Waals surface area contributed by atoms with Crippen LogP contribution in [0.2, 0.25) is 5.02 Å². The van der Waals surface area contributed by atoms with E-state index in [1.54, 1.807) is 0 Å². The van der Waals surface area contributed by atoms with Gasteiger partial charge in [0.2, 0.25) is 0 Å². The van der Waals surface area contributed by atoms with Gasteiger partial charge < -0.3 is 10.4 Å². The number of halogens is 1. The number of hydrogen-bond donors (Lipinski definition) is 2. The molecule has 122 valence electrons. The van der Waals surface area contributed by atoms with E-state index in [9.17, 15) is 9.90 Å². The van der Waals surface area contributed by atoms with Crippen molar-refractivity contribution in [3.05, 3.63) is 51.8 Å². The Hall–Kier alpha value is -1.85. The molecular weight excluding hydrogens is 314 g/mol. The molecule has 0 saturated heterocycles. The fourth-order valence-electron chi connectivity index (χ4n) is 3.20. The van der Waals surface area contributed by atoms with Crippen molar-refractivity contribution in [2.45, 2.75) is 45.3 Å². The topological polar surface area (TPSA) is 67.2 Å². The maximum atomic E-state index is 11.4. The zero-order chi connectivity index (χ0) is 16.4. The van der Waals surface area contributed by atoms with Crippen LogP contribution in [0.25, 0.3) is 0 Å². The minimum atomic E-state index is -0.941. The maximum absolute atomic E-state index is 11.4. The van der Waals surface area contributed by atoms with E-state index < -0.39 is 5.97 Å². The SMILES string of the molecule is CCn1nc(C(=O)O)c2c1CC[C@@H](NCc1cccc(Cl)c1)C2. The number of carbonyl (C=O) groups is 1. The third kappa shape index (κ3) is 3.41. The summed E-state index contributed by atoms with van der Waals surface area (Å²) in [7, 11) is 0. The van der Waals surface area contributed by atoms with E-state index in [1.165, 1.54) is 0 Å². The molecule has 1 aliphatic rings. The van der Waals surface area contributed by atoms with Crippen LogP contribution in [0.4, 0.5) is 0 Å². The van der Waals surface area contributed by atoms with Crippen LogP contribution in [-0.2, 0) is 25.9 Å². The maximum Gasteiger partial charge on any atom is 0.356 e. The molecule has 0 unspecified atom stereocenters. The molecule has 0 aliphatic heterocycles. The van der Waals surface area contributed by atoms with Gasteiger partial charge in [0.25, 0.3) is 0 Å². The lowest BCUT2D eigenvalue weighted by Crippen LogP contribution is -2.34.